The van der Waals surface area contributed by atoms with E-state index < -0.39 is 4.33 Å². The van der Waals surface area contributed by atoms with Crippen molar-refractivity contribution in [2.24, 2.45) is 0 Å². The molecule has 0 bridgehead atoms. The molecular formula is C17H8BrCl5N2O. The molecule has 0 aliphatic heterocycles. The Morgan fingerprint density at radius 2 is 1.62 bits per heavy atom. The predicted octanol–water partition coefficient (Wildman–Crippen LogP) is 7.51. The first-order valence-corrected chi connectivity index (χ1v) is 10.1. The summed E-state index contributed by atoms with van der Waals surface area (Å²) in [6, 6.07) is 10.6. The van der Waals surface area contributed by atoms with Crippen LogP contribution in [-0.2, 0) is 0 Å². The quantitative estimate of drug-likeness (QED) is 0.340. The first kappa shape index (κ1) is 18.9. The highest BCUT2D eigenvalue weighted by molar-refractivity contribution is 9.10. The van der Waals surface area contributed by atoms with Gasteiger partial charge in [-0.3, -0.25) is 0 Å². The van der Waals surface area contributed by atoms with Crippen LogP contribution in [0, 0.1) is 0 Å². The van der Waals surface area contributed by atoms with Gasteiger partial charge in [-0.2, -0.15) is 0 Å². The lowest BCUT2D eigenvalue weighted by molar-refractivity contribution is 0.504. The number of nitrogens with zero attached hydrogens (tertiary/aromatic N) is 2. The molecule has 3 aromatic rings. The zero-order valence-electron chi connectivity index (χ0n) is 12.7. The van der Waals surface area contributed by atoms with Crippen LogP contribution in [0.25, 0.3) is 11.5 Å². The molecule has 9 heteroatoms. The van der Waals surface area contributed by atoms with E-state index in [0.29, 0.717) is 26.8 Å². The van der Waals surface area contributed by atoms with E-state index in [1.54, 1.807) is 36.4 Å². The molecule has 2 atom stereocenters. The van der Waals surface area contributed by atoms with Crippen LogP contribution in [-0.4, -0.2) is 14.5 Å². The molecule has 1 heterocycles. The fraction of sp³-hybridized carbons (Fsp3) is 0.176. The highest BCUT2D eigenvalue weighted by Gasteiger charge is 2.67. The molecule has 134 valence electrons. The van der Waals surface area contributed by atoms with E-state index in [1.165, 1.54) is 0 Å². The van der Waals surface area contributed by atoms with Gasteiger partial charge in [0, 0.05) is 26.0 Å². The molecule has 1 aromatic heterocycles. The van der Waals surface area contributed by atoms with Gasteiger partial charge in [0.2, 0.25) is 11.8 Å². The van der Waals surface area contributed by atoms with Gasteiger partial charge in [-0.05, 0) is 57.9 Å². The van der Waals surface area contributed by atoms with Crippen LogP contribution in [0.3, 0.4) is 0 Å². The van der Waals surface area contributed by atoms with Crippen molar-refractivity contribution in [2.75, 3.05) is 0 Å². The van der Waals surface area contributed by atoms with Crippen molar-refractivity contribution in [1.29, 1.82) is 0 Å². The van der Waals surface area contributed by atoms with Crippen molar-refractivity contribution >= 4 is 73.9 Å². The number of hydrogen-bond acceptors (Lipinski definition) is 3. The normalized spacial score (nSPS) is 21.0. The highest BCUT2D eigenvalue weighted by atomic mass is 79.9. The molecule has 0 N–H and O–H groups in total. The number of rotatable bonds is 3. The third-order valence-corrected chi connectivity index (χ3v) is 6.76. The largest absolute Gasteiger partial charge is 0.420 e. The summed E-state index contributed by atoms with van der Waals surface area (Å²) in [4.78, 5) is 0. The van der Waals surface area contributed by atoms with Gasteiger partial charge in [-0.15, -0.1) is 33.4 Å². The molecule has 1 aliphatic rings. The molecule has 3 nitrogen and oxygen atoms in total. The minimum Gasteiger partial charge on any atom is -0.420 e. The van der Waals surface area contributed by atoms with Gasteiger partial charge < -0.3 is 4.42 Å². The molecule has 4 rings (SSSR count). The van der Waals surface area contributed by atoms with Crippen molar-refractivity contribution in [3.05, 3.63) is 67.4 Å². The second kappa shape index (κ2) is 6.84. The maximum absolute atomic E-state index is 6.47. The van der Waals surface area contributed by atoms with E-state index in [9.17, 15) is 0 Å². The third kappa shape index (κ3) is 3.36. The first-order valence-electron chi connectivity index (χ1n) is 7.40. The molecule has 0 spiro atoms. The van der Waals surface area contributed by atoms with E-state index in [2.05, 4.69) is 26.1 Å². The summed E-state index contributed by atoms with van der Waals surface area (Å²) < 4.78 is 5.48. The molecule has 26 heavy (non-hydrogen) atoms. The van der Waals surface area contributed by atoms with Crippen LogP contribution in [0.2, 0.25) is 15.1 Å². The smallest absolute Gasteiger partial charge is 0.247 e. The Hall–Kier alpha value is -0.490. The third-order valence-electron chi connectivity index (χ3n) is 4.17. The molecule has 0 radical (unpaired) electrons. The summed E-state index contributed by atoms with van der Waals surface area (Å²) in [5.41, 5.74) is 1.56. The van der Waals surface area contributed by atoms with Crippen LogP contribution in [0.1, 0.15) is 23.3 Å². The van der Waals surface area contributed by atoms with Crippen LogP contribution < -0.4 is 0 Å². The molecule has 0 saturated heterocycles. The van der Waals surface area contributed by atoms with Gasteiger partial charge >= 0.3 is 0 Å². The second-order valence-electron chi connectivity index (χ2n) is 5.91. The first-order chi connectivity index (χ1) is 12.3. The highest BCUT2D eigenvalue weighted by Crippen LogP contribution is 2.70. The molecule has 1 fully saturated rings. The minimum atomic E-state index is -1.07. The topological polar surface area (TPSA) is 38.9 Å². The lowest BCUT2D eigenvalue weighted by atomic mass is 10.1. The number of aromatic nitrogens is 2. The predicted molar refractivity (Wildman–Crippen MR) is 109 cm³/mol. The monoisotopic (exact) mass is 510 g/mol. The Labute approximate surface area is 182 Å². The van der Waals surface area contributed by atoms with E-state index in [-0.39, 0.29) is 11.8 Å². The van der Waals surface area contributed by atoms with Crippen molar-refractivity contribution < 1.29 is 4.42 Å². The van der Waals surface area contributed by atoms with E-state index >= 15 is 0 Å². The van der Waals surface area contributed by atoms with Crippen LogP contribution in [0.15, 0.2) is 45.3 Å². The SMILES string of the molecule is Clc1cc(Cl)cc(C2C(c3nnc(-c4ccc(Cl)c(Br)c4)o3)C2(Cl)Cl)c1. The fourth-order valence-electron chi connectivity index (χ4n) is 2.91. The Morgan fingerprint density at radius 3 is 2.27 bits per heavy atom. The summed E-state index contributed by atoms with van der Waals surface area (Å²) in [5, 5.41) is 9.84. The van der Waals surface area contributed by atoms with Gasteiger partial charge in [0.15, 0.2) is 0 Å². The molecular weight excluding hydrogens is 505 g/mol. The standard InChI is InChI=1S/C17H8BrCl5N2O/c18-11-5-7(1-2-12(11)21)15-24-25-16(26-15)14-13(17(14,22)23)8-3-9(19)6-10(20)4-8/h1-6,13-14H. The number of alkyl halides is 2. The van der Waals surface area contributed by atoms with Crippen LogP contribution in [0.4, 0.5) is 0 Å². The minimum absolute atomic E-state index is 0.243. The maximum atomic E-state index is 6.47. The Kier molecular flexibility index (Phi) is 4.96. The van der Waals surface area contributed by atoms with Crippen LogP contribution in [0.5, 0.6) is 0 Å². The van der Waals surface area contributed by atoms with Crippen molar-refractivity contribution in [3.63, 3.8) is 0 Å². The number of halogens is 6. The summed E-state index contributed by atoms with van der Waals surface area (Å²) in [5.74, 6) is 0.123. The van der Waals surface area contributed by atoms with Gasteiger partial charge in [-0.25, -0.2) is 0 Å². The Balaban J connectivity index is 1.66. The molecule has 1 aliphatic carbocycles. The summed E-state index contributed by atoms with van der Waals surface area (Å²) in [7, 11) is 0. The van der Waals surface area contributed by atoms with Gasteiger partial charge in [0.25, 0.3) is 0 Å². The maximum Gasteiger partial charge on any atom is 0.247 e. The molecule has 2 unspecified atom stereocenters. The lowest BCUT2D eigenvalue weighted by Crippen LogP contribution is -1.91. The summed E-state index contributed by atoms with van der Waals surface area (Å²) >= 11 is 34.5. The Morgan fingerprint density at radius 1 is 0.923 bits per heavy atom. The fourth-order valence-corrected chi connectivity index (χ4v) is 4.77. The summed E-state index contributed by atoms with van der Waals surface area (Å²) in [6.45, 7) is 0. The van der Waals surface area contributed by atoms with Crippen molar-refractivity contribution in [1.82, 2.24) is 10.2 Å². The second-order valence-corrected chi connectivity index (χ2v) is 9.49. The molecule has 0 amide bonds. The lowest BCUT2D eigenvalue weighted by Gasteiger charge is -2.02. The van der Waals surface area contributed by atoms with Gasteiger partial charge in [0.05, 0.1) is 10.9 Å². The number of hydrogen-bond donors (Lipinski definition) is 0. The average Bonchev–Trinajstić information content (AvgIpc) is 2.91. The van der Waals surface area contributed by atoms with E-state index in [1.807, 2.05) is 0 Å². The molecule has 2 aromatic carbocycles. The average molecular weight is 513 g/mol. The molecule has 1 saturated carbocycles. The van der Waals surface area contributed by atoms with Gasteiger partial charge in [-0.1, -0.05) is 34.8 Å². The zero-order valence-corrected chi connectivity index (χ0v) is 18.1. The summed E-state index contributed by atoms with van der Waals surface area (Å²) in [6.07, 6.45) is 0. The van der Waals surface area contributed by atoms with Gasteiger partial charge in [0.1, 0.15) is 4.33 Å². The van der Waals surface area contributed by atoms with Crippen LogP contribution >= 0.6 is 73.9 Å². The zero-order chi connectivity index (χ0) is 18.6. The van der Waals surface area contributed by atoms with Crippen molar-refractivity contribution in [2.45, 2.75) is 16.2 Å². The Bertz CT molecular complexity index is 986. The van der Waals surface area contributed by atoms with E-state index in [4.69, 9.17) is 62.4 Å². The number of benzene rings is 2. The van der Waals surface area contributed by atoms with E-state index in [0.717, 1.165) is 15.6 Å². The van der Waals surface area contributed by atoms with Crippen molar-refractivity contribution in [3.8, 4) is 11.5 Å².